The minimum Gasteiger partial charge on any atom is -0.210 e. The maximum atomic E-state index is 4.13. The molecule has 0 aromatic rings. The van der Waals surface area contributed by atoms with Crippen molar-refractivity contribution < 1.29 is 0 Å². The molecule has 0 aromatic heterocycles. The van der Waals surface area contributed by atoms with Crippen LogP contribution in [0.3, 0.4) is 0 Å². The van der Waals surface area contributed by atoms with Crippen LogP contribution in [0, 0.1) is 0 Å². The molecule has 1 aliphatic heterocycles. The van der Waals surface area contributed by atoms with Crippen molar-refractivity contribution in [3.63, 3.8) is 0 Å². The van der Waals surface area contributed by atoms with E-state index < -0.39 is 0 Å². The molecular formula is C6H9N2. The molecule has 0 fully saturated rings. The number of rotatable bonds is 0. The maximum Gasteiger partial charge on any atom is 0.0553 e. The topological polar surface area (TPSA) is 26.1 Å². The molecule has 1 N–H and O–H groups in total. The van der Waals surface area contributed by atoms with Gasteiger partial charge in [0.15, 0.2) is 0 Å². The molecule has 8 heavy (non-hydrogen) atoms. The van der Waals surface area contributed by atoms with Crippen LogP contribution in [0.5, 0.6) is 0 Å². The smallest absolute Gasteiger partial charge is 0.0553 e. The fourth-order valence-electron chi connectivity index (χ4n) is 1.35. The Balaban J connectivity index is 2.23. The third kappa shape index (κ3) is 0.464. The van der Waals surface area contributed by atoms with E-state index in [0.29, 0.717) is 0 Å². The number of allylic oxidation sites excluding steroid dienone is 1. The maximum absolute atomic E-state index is 4.13. The summed E-state index contributed by atoms with van der Waals surface area (Å²) in [6, 6.07) is 0. The normalized spacial score (nSPS) is 26.0. The van der Waals surface area contributed by atoms with Gasteiger partial charge < -0.3 is 0 Å². The van der Waals surface area contributed by atoms with Crippen molar-refractivity contribution >= 4 is 0 Å². The molecule has 0 saturated heterocycles. The first-order valence-corrected chi connectivity index (χ1v) is 3.11. The van der Waals surface area contributed by atoms with Crippen molar-refractivity contribution in [3.8, 4) is 0 Å². The average molecular weight is 109 g/mol. The predicted molar refractivity (Wildman–Crippen MR) is 31.0 cm³/mol. The molecule has 2 aliphatic rings. The monoisotopic (exact) mass is 109 g/mol. The van der Waals surface area contributed by atoms with Crippen LogP contribution >= 0.6 is 0 Å². The second-order valence-corrected chi connectivity index (χ2v) is 2.35. The molecule has 2 rings (SSSR count). The summed E-state index contributed by atoms with van der Waals surface area (Å²) in [6.45, 7) is 1.02. The molecule has 0 spiro atoms. The lowest BCUT2D eigenvalue weighted by atomic mass is 10.2. The molecule has 0 bridgehead atoms. The first kappa shape index (κ1) is 4.39. The summed E-state index contributed by atoms with van der Waals surface area (Å²) in [4.78, 5) is 0. The van der Waals surface area contributed by atoms with Crippen molar-refractivity contribution in [1.82, 2.24) is 10.9 Å². The van der Waals surface area contributed by atoms with Gasteiger partial charge in [-0.05, 0) is 24.8 Å². The van der Waals surface area contributed by atoms with Gasteiger partial charge in [0, 0.05) is 6.54 Å². The van der Waals surface area contributed by atoms with Gasteiger partial charge in [-0.25, -0.2) is 10.9 Å². The molecule has 0 atom stereocenters. The van der Waals surface area contributed by atoms with Gasteiger partial charge in [-0.1, -0.05) is 0 Å². The van der Waals surface area contributed by atoms with Crippen molar-refractivity contribution in [3.05, 3.63) is 11.3 Å². The standard InChI is InChI=1S/C6H9N2/c1-2-5-4-7-8-6(5)3-1/h7H,1-4H2. The summed E-state index contributed by atoms with van der Waals surface area (Å²) in [5.41, 5.74) is 9.99. The molecule has 0 unspecified atom stereocenters. The minimum absolute atomic E-state index is 1.02. The SMILES string of the molecule is C1CC2=C(C1)[N]NC2. The second-order valence-electron chi connectivity index (χ2n) is 2.35. The second kappa shape index (κ2) is 1.49. The Morgan fingerprint density at radius 2 is 2.38 bits per heavy atom. The zero-order valence-corrected chi connectivity index (χ0v) is 4.78. The third-order valence-corrected chi connectivity index (χ3v) is 1.81. The largest absolute Gasteiger partial charge is 0.210 e. The van der Waals surface area contributed by atoms with E-state index in [2.05, 4.69) is 10.9 Å². The van der Waals surface area contributed by atoms with Crippen molar-refractivity contribution in [2.24, 2.45) is 0 Å². The highest BCUT2D eigenvalue weighted by atomic mass is 15.4. The predicted octanol–water partition coefficient (Wildman–Crippen LogP) is 0.547. The van der Waals surface area contributed by atoms with Gasteiger partial charge in [-0.3, -0.25) is 0 Å². The first-order valence-electron chi connectivity index (χ1n) is 3.11. The fourth-order valence-corrected chi connectivity index (χ4v) is 1.35. The summed E-state index contributed by atoms with van der Waals surface area (Å²) in [7, 11) is 0. The van der Waals surface area contributed by atoms with Gasteiger partial charge in [-0.15, -0.1) is 0 Å². The summed E-state index contributed by atoms with van der Waals surface area (Å²) in [6.07, 6.45) is 3.82. The molecule has 1 radical (unpaired) electrons. The lowest BCUT2D eigenvalue weighted by Crippen LogP contribution is -2.16. The summed E-state index contributed by atoms with van der Waals surface area (Å²) in [5.74, 6) is 0. The van der Waals surface area contributed by atoms with Crippen LogP contribution in [0.25, 0.3) is 0 Å². The number of hydrogen-bond acceptors (Lipinski definition) is 1. The average Bonchev–Trinajstić information content (AvgIpc) is 2.15. The Kier molecular flexibility index (Phi) is 0.815. The fraction of sp³-hybridized carbons (Fsp3) is 0.667. The quantitative estimate of drug-likeness (QED) is 0.483. The van der Waals surface area contributed by atoms with Gasteiger partial charge in [-0.2, -0.15) is 0 Å². The van der Waals surface area contributed by atoms with Gasteiger partial charge >= 0.3 is 0 Å². The van der Waals surface area contributed by atoms with E-state index in [1.54, 1.807) is 5.57 Å². The highest BCUT2D eigenvalue weighted by Crippen LogP contribution is 2.25. The van der Waals surface area contributed by atoms with Crippen LogP contribution < -0.4 is 10.9 Å². The first-order chi connectivity index (χ1) is 3.97. The van der Waals surface area contributed by atoms with Gasteiger partial charge in [0.05, 0.1) is 5.70 Å². The molecular weight excluding hydrogens is 100 g/mol. The van der Waals surface area contributed by atoms with E-state index in [1.807, 2.05) is 0 Å². The van der Waals surface area contributed by atoms with Crippen molar-refractivity contribution in [2.75, 3.05) is 6.54 Å². The van der Waals surface area contributed by atoms with Gasteiger partial charge in [0.1, 0.15) is 0 Å². The van der Waals surface area contributed by atoms with Gasteiger partial charge in [0.2, 0.25) is 0 Å². The van der Waals surface area contributed by atoms with E-state index >= 15 is 0 Å². The highest BCUT2D eigenvalue weighted by molar-refractivity contribution is 5.21. The number of hydrogen-bond donors (Lipinski definition) is 1. The van der Waals surface area contributed by atoms with E-state index in [0.717, 1.165) is 6.54 Å². The van der Waals surface area contributed by atoms with Gasteiger partial charge in [0.25, 0.3) is 0 Å². The summed E-state index contributed by atoms with van der Waals surface area (Å²) in [5, 5.41) is 0. The molecule has 0 saturated carbocycles. The molecule has 2 heteroatoms. The number of nitrogens with one attached hydrogen (secondary N) is 1. The zero-order chi connectivity index (χ0) is 5.40. The minimum atomic E-state index is 1.02. The molecule has 43 valence electrons. The number of nitrogens with zero attached hydrogens (tertiary/aromatic N) is 1. The Morgan fingerprint density at radius 1 is 1.38 bits per heavy atom. The van der Waals surface area contributed by atoms with Crippen molar-refractivity contribution in [2.45, 2.75) is 19.3 Å². The van der Waals surface area contributed by atoms with Crippen LogP contribution in [0.1, 0.15) is 19.3 Å². The third-order valence-electron chi connectivity index (χ3n) is 1.81. The molecule has 0 aromatic carbocycles. The Morgan fingerprint density at radius 3 is 3.25 bits per heavy atom. The van der Waals surface area contributed by atoms with Crippen molar-refractivity contribution in [1.29, 1.82) is 0 Å². The van der Waals surface area contributed by atoms with Crippen LogP contribution in [0.2, 0.25) is 0 Å². The van der Waals surface area contributed by atoms with E-state index in [4.69, 9.17) is 0 Å². The molecule has 1 aliphatic carbocycles. The van der Waals surface area contributed by atoms with E-state index in [9.17, 15) is 0 Å². The van der Waals surface area contributed by atoms with E-state index in [1.165, 1.54) is 25.0 Å². The Hall–Kier alpha value is -0.500. The lowest BCUT2D eigenvalue weighted by molar-refractivity contribution is 0.635. The van der Waals surface area contributed by atoms with E-state index in [-0.39, 0.29) is 0 Å². The van der Waals surface area contributed by atoms with Crippen LogP contribution in [0.15, 0.2) is 11.3 Å². The summed E-state index contributed by atoms with van der Waals surface area (Å²) >= 11 is 0. The highest BCUT2D eigenvalue weighted by Gasteiger charge is 2.19. The van der Waals surface area contributed by atoms with Crippen LogP contribution in [-0.2, 0) is 0 Å². The molecule has 2 nitrogen and oxygen atoms in total. The summed E-state index contributed by atoms with van der Waals surface area (Å²) < 4.78 is 0. The molecule has 1 heterocycles. The Labute approximate surface area is 48.9 Å². The Bertz CT molecular complexity index is 109. The van der Waals surface area contributed by atoms with Crippen LogP contribution in [0.4, 0.5) is 0 Å². The van der Waals surface area contributed by atoms with Crippen LogP contribution in [-0.4, -0.2) is 6.54 Å². The zero-order valence-electron chi connectivity index (χ0n) is 4.78. The lowest BCUT2D eigenvalue weighted by Gasteiger charge is -1.93. The molecule has 0 amide bonds.